The number of benzene rings is 3. The third-order valence-corrected chi connectivity index (χ3v) is 8.19. The molecule has 2 amide bonds. The van der Waals surface area contributed by atoms with E-state index in [2.05, 4.69) is 15.6 Å². The molecular weight excluding hydrogens is 598 g/mol. The van der Waals surface area contributed by atoms with Gasteiger partial charge >= 0.3 is 0 Å². The molecule has 0 fully saturated rings. The van der Waals surface area contributed by atoms with Crippen molar-refractivity contribution in [1.29, 1.82) is 5.26 Å². The highest BCUT2D eigenvalue weighted by Crippen LogP contribution is 2.39. The summed E-state index contributed by atoms with van der Waals surface area (Å²) in [5.74, 6) is -0.399. The number of nitro groups is 1. The summed E-state index contributed by atoms with van der Waals surface area (Å²) in [4.78, 5) is 41.3. The molecule has 5 rings (SSSR count). The Balaban J connectivity index is 1.32. The van der Waals surface area contributed by atoms with E-state index >= 15 is 0 Å². The third kappa shape index (κ3) is 6.84. The second-order valence-corrected chi connectivity index (χ2v) is 11.4. The van der Waals surface area contributed by atoms with Crippen LogP contribution in [0.5, 0.6) is 0 Å². The number of nitriles is 1. The number of hydrogen-bond donors (Lipinski definition) is 2. The average Bonchev–Trinajstić information content (AvgIpc) is 3.65. The fraction of sp³-hybridized carbons (Fsp3) is 0.0345. The number of nitrogens with zero attached hydrogens (tertiary/aromatic N) is 3. The van der Waals surface area contributed by atoms with Gasteiger partial charge in [0.2, 0.25) is 0 Å². The Morgan fingerprint density at radius 2 is 1.95 bits per heavy atom. The van der Waals surface area contributed by atoms with E-state index in [0.717, 1.165) is 16.5 Å². The van der Waals surface area contributed by atoms with Crippen molar-refractivity contribution in [1.82, 2.24) is 10.3 Å². The first kappa shape index (κ1) is 28.6. The number of rotatable bonds is 9. The summed E-state index contributed by atoms with van der Waals surface area (Å²) in [6, 6.07) is 21.4. The highest BCUT2D eigenvalue weighted by Gasteiger charge is 2.19. The van der Waals surface area contributed by atoms with Gasteiger partial charge in [-0.05, 0) is 72.3 Å². The molecule has 13 heteroatoms. The average molecular weight is 616 g/mol. The van der Waals surface area contributed by atoms with Crippen molar-refractivity contribution in [3.05, 3.63) is 117 Å². The van der Waals surface area contributed by atoms with Crippen molar-refractivity contribution in [2.24, 2.45) is 0 Å². The molecule has 0 bridgehead atoms. The van der Waals surface area contributed by atoms with Crippen molar-refractivity contribution in [2.75, 3.05) is 5.32 Å². The fourth-order valence-corrected chi connectivity index (χ4v) is 6.04. The first-order valence-corrected chi connectivity index (χ1v) is 14.2. The van der Waals surface area contributed by atoms with Gasteiger partial charge < -0.3 is 15.1 Å². The zero-order chi connectivity index (χ0) is 29.6. The summed E-state index contributed by atoms with van der Waals surface area (Å²) >= 11 is 8.34. The number of thiazole rings is 1. The van der Waals surface area contributed by atoms with Crippen LogP contribution < -0.4 is 10.6 Å². The highest BCUT2D eigenvalue weighted by molar-refractivity contribution is 8.01. The lowest BCUT2D eigenvalue weighted by Crippen LogP contribution is -2.23. The molecule has 0 spiro atoms. The molecular formula is C29H18ClN5O5S2. The lowest BCUT2D eigenvalue weighted by molar-refractivity contribution is -0.387. The number of amides is 2. The number of fused-ring (bicyclic) bond motifs is 1. The number of aromatic nitrogens is 1. The minimum Gasteiger partial charge on any atom is -0.467 e. The number of halogens is 1. The summed E-state index contributed by atoms with van der Waals surface area (Å²) in [6.07, 6.45) is 2.76. The van der Waals surface area contributed by atoms with Gasteiger partial charge in [-0.1, -0.05) is 29.4 Å². The number of carbonyl (C=O) groups is 2. The van der Waals surface area contributed by atoms with Crippen LogP contribution in [0.25, 0.3) is 16.3 Å². The molecule has 0 unspecified atom stereocenters. The van der Waals surface area contributed by atoms with Gasteiger partial charge in [0.05, 0.1) is 32.8 Å². The Hall–Kier alpha value is -4.96. The number of nitrogens with one attached hydrogen (secondary N) is 2. The van der Waals surface area contributed by atoms with E-state index in [1.165, 1.54) is 29.7 Å². The van der Waals surface area contributed by atoms with Crippen LogP contribution in [0, 0.1) is 21.4 Å². The van der Waals surface area contributed by atoms with Gasteiger partial charge in [-0.15, -0.1) is 11.3 Å². The van der Waals surface area contributed by atoms with Crippen LogP contribution in [-0.2, 0) is 11.3 Å². The zero-order valence-electron chi connectivity index (χ0n) is 21.4. The molecule has 2 aromatic heterocycles. The van der Waals surface area contributed by atoms with E-state index in [4.69, 9.17) is 16.0 Å². The Kier molecular flexibility index (Phi) is 8.63. The van der Waals surface area contributed by atoms with E-state index in [1.807, 2.05) is 6.07 Å². The van der Waals surface area contributed by atoms with Crippen molar-refractivity contribution in [3.63, 3.8) is 0 Å². The van der Waals surface area contributed by atoms with Gasteiger partial charge in [-0.3, -0.25) is 19.7 Å². The van der Waals surface area contributed by atoms with Crippen molar-refractivity contribution >= 4 is 74.2 Å². The van der Waals surface area contributed by atoms with E-state index in [1.54, 1.807) is 66.7 Å². The maximum Gasteiger partial charge on any atom is 0.283 e. The highest BCUT2D eigenvalue weighted by atomic mass is 35.5. The quantitative estimate of drug-likeness (QED) is 0.0772. The van der Waals surface area contributed by atoms with Crippen LogP contribution in [-0.4, -0.2) is 21.7 Å². The second kappa shape index (κ2) is 12.7. The molecule has 10 nitrogen and oxygen atoms in total. The normalized spacial score (nSPS) is 11.2. The maximum atomic E-state index is 12.6. The second-order valence-electron chi connectivity index (χ2n) is 8.64. The summed E-state index contributed by atoms with van der Waals surface area (Å²) < 4.78 is 6.51. The lowest BCUT2D eigenvalue weighted by atomic mass is 10.1. The van der Waals surface area contributed by atoms with Crippen LogP contribution in [0.4, 0.5) is 11.4 Å². The first-order chi connectivity index (χ1) is 20.3. The standard InChI is InChI=1S/C29H18ClN5O5S2/c30-20-6-4-18(5-7-20)28(37)33-21-8-9-23-26(14-21)42-29(34-23)41-25-10-3-17(13-24(25)35(38)39)12-19(15-31)27(36)32-16-22-2-1-11-40-22/h1-14H,16H2,(H,32,36)(H,33,37)/b19-12+. The minimum absolute atomic E-state index is 0.0962. The van der Waals surface area contributed by atoms with Crippen LogP contribution in [0.2, 0.25) is 5.02 Å². The Labute approximate surface area is 251 Å². The number of hydrogen-bond acceptors (Lipinski definition) is 9. The van der Waals surface area contributed by atoms with Crippen LogP contribution in [0.15, 0.2) is 98.3 Å². The summed E-state index contributed by atoms with van der Waals surface area (Å²) in [6.45, 7) is 0.0962. The number of furan rings is 1. The predicted octanol–water partition coefficient (Wildman–Crippen LogP) is 7.08. The largest absolute Gasteiger partial charge is 0.467 e. The Morgan fingerprint density at radius 3 is 2.67 bits per heavy atom. The molecule has 2 heterocycles. The lowest BCUT2D eigenvalue weighted by Gasteiger charge is -2.05. The number of anilines is 1. The molecule has 208 valence electrons. The van der Waals surface area contributed by atoms with Gasteiger partial charge in [-0.2, -0.15) is 5.26 Å². The van der Waals surface area contributed by atoms with E-state index in [0.29, 0.717) is 42.3 Å². The van der Waals surface area contributed by atoms with Gasteiger partial charge in [0, 0.05) is 22.3 Å². The zero-order valence-corrected chi connectivity index (χ0v) is 23.8. The first-order valence-electron chi connectivity index (χ1n) is 12.2. The monoisotopic (exact) mass is 615 g/mol. The van der Waals surface area contributed by atoms with Crippen LogP contribution in [0.1, 0.15) is 21.7 Å². The summed E-state index contributed by atoms with van der Waals surface area (Å²) in [5.41, 5.74) is 1.63. The molecule has 5 aromatic rings. The summed E-state index contributed by atoms with van der Waals surface area (Å²) in [5, 5.41) is 27.3. The van der Waals surface area contributed by atoms with Crippen LogP contribution >= 0.6 is 34.7 Å². The molecule has 0 aliphatic carbocycles. The van der Waals surface area contributed by atoms with Crippen molar-refractivity contribution in [2.45, 2.75) is 15.8 Å². The fourth-order valence-electron chi connectivity index (χ4n) is 3.77. The van der Waals surface area contributed by atoms with E-state index < -0.39 is 10.8 Å². The van der Waals surface area contributed by atoms with E-state index in [9.17, 15) is 25.0 Å². The molecule has 0 radical (unpaired) electrons. The Bertz CT molecular complexity index is 1880. The third-order valence-electron chi connectivity index (χ3n) is 5.79. The van der Waals surface area contributed by atoms with Gasteiger partial charge in [-0.25, -0.2) is 4.98 Å². The maximum absolute atomic E-state index is 12.6. The van der Waals surface area contributed by atoms with E-state index in [-0.39, 0.29) is 23.7 Å². The van der Waals surface area contributed by atoms with Crippen LogP contribution in [0.3, 0.4) is 0 Å². The smallest absolute Gasteiger partial charge is 0.283 e. The molecule has 0 aliphatic rings. The molecule has 0 saturated carbocycles. The minimum atomic E-state index is -0.631. The number of carbonyl (C=O) groups excluding carboxylic acids is 2. The van der Waals surface area contributed by atoms with Crippen molar-refractivity contribution < 1.29 is 18.9 Å². The topological polar surface area (TPSA) is 151 Å². The molecule has 42 heavy (non-hydrogen) atoms. The molecule has 0 atom stereocenters. The molecule has 0 aliphatic heterocycles. The Morgan fingerprint density at radius 1 is 1.14 bits per heavy atom. The predicted molar refractivity (Wildman–Crippen MR) is 160 cm³/mol. The molecule has 2 N–H and O–H groups in total. The van der Waals surface area contributed by atoms with Gasteiger partial charge in [0.1, 0.15) is 17.4 Å². The molecule has 3 aromatic carbocycles. The SMILES string of the molecule is N#C/C(=C\c1ccc(Sc2nc3ccc(NC(=O)c4ccc(Cl)cc4)cc3s2)c([N+](=O)[O-])c1)C(=O)NCc1ccco1. The van der Waals surface area contributed by atoms with Crippen molar-refractivity contribution in [3.8, 4) is 6.07 Å². The van der Waals surface area contributed by atoms with Gasteiger partial charge in [0.25, 0.3) is 17.5 Å². The number of nitro benzene ring substituents is 1. The molecule has 0 saturated heterocycles. The van der Waals surface area contributed by atoms with Gasteiger partial charge in [0.15, 0.2) is 4.34 Å². The summed E-state index contributed by atoms with van der Waals surface area (Å²) in [7, 11) is 0.